The second-order valence-electron chi connectivity index (χ2n) is 5.46. The molecule has 0 aliphatic carbocycles. The summed E-state index contributed by atoms with van der Waals surface area (Å²) in [7, 11) is 0. The minimum Gasteiger partial charge on any atom is -0.480 e. The number of hydrogen-bond acceptors (Lipinski definition) is 4. The van der Waals surface area contributed by atoms with Gasteiger partial charge in [-0.2, -0.15) is 0 Å². The largest absolute Gasteiger partial charge is 0.480 e. The number of carbonyl (C=O) groups excluding carboxylic acids is 2. The van der Waals surface area contributed by atoms with E-state index in [2.05, 4.69) is 5.32 Å². The van der Waals surface area contributed by atoms with Crippen LogP contribution >= 0.6 is 11.8 Å². The predicted molar refractivity (Wildman–Crippen MR) is 97.5 cm³/mol. The summed E-state index contributed by atoms with van der Waals surface area (Å²) in [6, 6.07) is 18.3. The van der Waals surface area contributed by atoms with Crippen LogP contribution in [0.5, 0.6) is 0 Å². The molecule has 0 aliphatic rings. The Balaban J connectivity index is 2.01. The lowest BCUT2D eigenvalue weighted by Crippen LogP contribution is -2.36. The zero-order valence-electron chi connectivity index (χ0n) is 13.6. The molecule has 0 fully saturated rings. The molecule has 0 aromatic heterocycles. The minimum absolute atomic E-state index is 0.107. The van der Waals surface area contributed by atoms with Gasteiger partial charge in [-0.1, -0.05) is 72.4 Å². The minimum atomic E-state index is -1.10. The molecule has 130 valence electrons. The fourth-order valence-corrected chi connectivity index (χ4v) is 3.19. The molecule has 0 saturated carbocycles. The third-order valence-electron chi connectivity index (χ3n) is 3.53. The van der Waals surface area contributed by atoms with Crippen molar-refractivity contribution in [1.82, 2.24) is 5.32 Å². The topological polar surface area (TPSA) is 83.5 Å². The highest BCUT2D eigenvalue weighted by Crippen LogP contribution is 2.19. The average Bonchev–Trinajstić information content (AvgIpc) is 2.64. The van der Waals surface area contributed by atoms with Crippen molar-refractivity contribution < 1.29 is 19.5 Å². The molecule has 2 aromatic rings. The van der Waals surface area contributed by atoms with Gasteiger partial charge in [0.25, 0.3) is 0 Å². The Labute approximate surface area is 150 Å². The molecular weight excluding hydrogens is 338 g/mol. The van der Waals surface area contributed by atoms with Gasteiger partial charge in [0.15, 0.2) is 0 Å². The highest BCUT2D eigenvalue weighted by molar-refractivity contribution is 8.14. The maximum atomic E-state index is 12.3. The van der Waals surface area contributed by atoms with Gasteiger partial charge >= 0.3 is 5.97 Å². The molecule has 0 unspecified atom stereocenters. The maximum absolute atomic E-state index is 12.3. The Bertz CT molecular complexity index is 719. The van der Waals surface area contributed by atoms with E-state index in [4.69, 9.17) is 5.11 Å². The lowest BCUT2D eigenvalue weighted by Gasteiger charge is -2.16. The Hall–Kier alpha value is -2.60. The summed E-state index contributed by atoms with van der Waals surface area (Å²) in [5, 5.41) is 11.0. The molecule has 1 amide bonds. The first-order valence-corrected chi connectivity index (χ1v) is 8.80. The molecule has 0 spiro atoms. The zero-order chi connectivity index (χ0) is 18.1. The summed E-state index contributed by atoms with van der Waals surface area (Å²) in [5.74, 6) is -1.66. The van der Waals surface area contributed by atoms with Gasteiger partial charge in [-0.3, -0.25) is 14.4 Å². The number of carboxylic acids is 1. The molecule has 2 N–H and O–H groups in total. The molecule has 25 heavy (non-hydrogen) atoms. The van der Waals surface area contributed by atoms with Crippen molar-refractivity contribution in [3.05, 3.63) is 71.8 Å². The van der Waals surface area contributed by atoms with Crippen molar-refractivity contribution >= 4 is 28.8 Å². The Morgan fingerprint density at radius 3 is 2.16 bits per heavy atom. The molecule has 0 radical (unpaired) electrons. The third-order valence-corrected chi connectivity index (χ3v) is 4.60. The van der Waals surface area contributed by atoms with E-state index in [1.165, 1.54) is 0 Å². The molecule has 1 atom stereocenters. The van der Waals surface area contributed by atoms with E-state index >= 15 is 0 Å². The van der Waals surface area contributed by atoms with Crippen LogP contribution in [0.3, 0.4) is 0 Å². The number of nitrogens with one attached hydrogen (secondary N) is 1. The van der Waals surface area contributed by atoms with Crippen LogP contribution in [0.4, 0.5) is 0 Å². The average molecular weight is 357 g/mol. The monoisotopic (exact) mass is 357 g/mol. The Morgan fingerprint density at radius 2 is 1.56 bits per heavy atom. The lowest BCUT2D eigenvalue weighted by atomic mass is 10.0. The van der Waals surface area contributed by atoms with Crippen molar-refractivity contribution in [2.75, 3.05) is 12.3 Å². The second kappa shape index (κ2) is 9.64. The first-order chi connectivity index (χ1) is 12.1. The van der Waals surface area contributed by atoms with Crippen molar-refractivity contribution in [1.29, 1.82) is 0 Å². The number of carboxylic acid groups (broad SMARTS) is 1. The van der Waals surface area contributed by atoms with Crippen molar-refractivity contribution in [3.8, 4) is 0 Å². The van der Waals surface area contributed by atoms with E-state index in [1.54, 1.807) is 24.3 Å². The van der Waals surface area contributed by atoms with E-state index in [1.807, 2.05) is 36.4 Å². The van der Waals surface area contributed by atoms with Crippen molar-refractivity contribution in [2.24, 2.45) is 5.92 Å². The number of amides is 1. The number of carbonyl (C=O) groups is 3. The van der Waals surface area contributed by atoms with Crippen LogP contribution < -0.4 is 5.32 Å². The highest BCUT2D eigenvalue weighted by atomic mass is 32.2. The van der Waals surface area contributed by atoms with Gasteiger partial charge in [-0.25, -0.2) is 0 Å². The van der Waals surface area contributed by atoms with Gasteiger partial charge in [-0.15, -0.1) is 0 Å². The summed E-state index contributed by atoms with van der Waals surface area (Å²) in [4.78, 5) is 35.2. The Morgan fingerprint density at radius 1 is 0.960 bits per heavy atom. The van der Waals surface area contributed by atoms with Gasteiger partial charge in [0, 0.05) is 11.3 Å². The smallest absolute Gasteiger partial charge is 0.322 e. The van der Waals surface area contributed by atoms with Crippen LogP contribution in [0, 0.1) is 5.92 Å². The maximum Gasteiger partial charge on any atom is 0.322 e. The number of benzene rings is 2. The van der Waals surface area contributed by atoms with Crippen molar-refractivity contribution in [2.45, 2.75) is 6.42 Å². The lowest BCUT2D eigenvalue weighted by molar-refractivity contribution is -0.138. The SMILES string of the molecule is O=C(O)CNC(=O)[C@@H](CSC(=O)c1ccccc1)Cc1ccccc1. The van der Waals surface area contributed by atoms with E-state index in [9.17, 15) is 14.4 Å². The molecule has 5 nitrogen and oxygen atoms in total. The molecule has 0 heterocycles. The summed E-state index contributed by atoms with van der Waals surface area (Å²) in [6.45, 7) is -0.429. The molecule has 0 aliphatic heterocycles. The van der Waals surface area contributed by atoms with Gasteiger partial charge < -0.3 is 10.4 Å². The highest BCUT2D eigenvalue weighted by Gasteiger charge is 2.21. The van der Waals surface area contributed by atoms with Gasteiger partial charge in [0.05, 0.1) is 5.92 Å². The predicted octanol–water partition coefficient (Wildman–Crippen LogP) is 2.62. The summed E-state index contributed by atoms with van der Waals surface area (Å²) < 4.78 is 0. The summed E-state index contributed by atoms with van der Waals surface area (Å²) in [5.41, 5.74) is 1.54. The summed E-state index contributed by atoms with van der Waals surface area (Å²) in [6.07, 6.45) is 0.446. The van der Waals surface area contributed by atoms with E-state index < -0.39 is 18.4 Å². The second-order valence-corrected chi connectivity index (χ2v) is 6.46. The van der Waals surface area contributed by atoms with Crippen LogP contribution in [-0.4, -0.2) is 34.4 Å². The van der Waals surface area contributed by atoms with Crippen LogP contribution in [0.25, 0.3) is 0 Å². The molecule has 2 rings (SSSR count). The molecule has 6 heteroatoms. The molecule has 0 bridgehead atoms. The van der Waals surface area contributed by atoms with Crippen LogP contribution in [0.2, 0.25) is 0 Å². The van der Waals surface area contributed by atoms with E-state index in [-0.39, 0.29) is 16.8 Å². The first kappa shape index (κ1) is 18.7. The standard InChI is InChI=1S/C19H19NO4S/c21-17(22)12-20-18(23)16(11-14-7-3-1-4-8-14)13-25-19(24)15-9-5-2-6-10-15/h1-10,16H,11-13H2,(H,20,23)(H,21,22)/t16-/m1/s1. The van der Waals surface area contributed by atoms with Gasteiger partial charge in [0.2, 0.25) is 11.0 Å². The van der Waals surface area contributed by atoms with Crippen molar-refractivity contribution in [3.63, 3.8) is 0 Å². The van der Waals surface area contributed by atoms with Crippen LogP contribution in [0.15, 0.2) is 60.7 Å². The fraction of sp³-hybridized carbons (Fsp3) is 0.211. The fourth-order valence-electron chi connectivity index (χ4n) is 2.27. The number of hydrogen-bond donors (Lipinski definition) is 2. The Kier molecular flexibility index (Phi) is 7.22. The van der Waals surface area contributed by atoms with Crippen LogP contribution in [0.1, 0.15) is 15.9 Å². The quantitative estimate of drug-likeness (QED) is 0.759. The number of rotatable bonds is 8. The van der Waals surface area contributed by atoms with Gasteiger partial charge in [-0.05, 0) is 12.0 Å². The summed E-state index contributed by atoms with van der Waals surface area (Å²) >= 11 is 1.07. The third kappa shape index (κ3) is 6.43. The van der Waals surface area contributed by atoms with Gasteiger partial charge in [0.1, 0.15) is 6.54 Å². The number of aliphatic carboxylic acids is 1. The zero-order valence-corrected chi connectivity index (χ0v) is 14.4. The molecular formula is C19H19NO4S. The van der Waals surface area contributed by atoms with Crippen LogP contribution in [-0.2, 0) is 16.0 Å². The normalized spacial score (nSPS) is 11.5. The molecule has 2 aromatic carbocycles. The van der Waals surface area contributed by atoms with E-state index in [0.29, 0.717) is 12.0 Å². The number of thioether (sulfide) groups is 1. The first-order valence-electron chi connectivity index (χ1n) is 7.82. The van der Waals surface area contributed by atoms with E-state index in [0.717, 1.165) is 17.3 Å². The molecule has 0 saturated heterocycles.